The van der Waals surface area contributed by atoms with Crippen molar-refractivity contribution >= 4 is 0 Å². The summed E-state index contributed by atoms with van der Waals surface area (Å²) < 4.78 is 5.27. The van der Waals surface area contributed by atoms with Gasteiger partial charge in [0.05, 0.1) is 12.2 Å². The highest BCUT2D eigenvalue weighted by Gasteiger charge is 2.57. The zero-order chi connectivity index (χ0) is 7.90. The molecule has 3 unspecified atom stereocenters. The van der Waals surface area contributed by atoms with Gasteiger partial charge in [-0.1, -0.05) is 0 Å². The molecular weight excluding hydrogens is 140 g/mol. The maximum Gasteiger partial charge on any atom is 0.0910 e. The first kappa shape index (κ1) is 7.56. The van der Waals surface area contributed by atoms with Gasteiger partial charge in [-0.25, -0.2) is 0 Å². The second-order valence-corrected chi connectivity index (χ2v) is 3.88. The molecular formula is C9H16O2. The van der Waals surface area contributed by atoms with Gasteiger partial charge in [-0.05, 0) is 38.0 Å². The lowest BCUT2D eigenvalue weighted by Gasteiger charge is -2.23. The lowest BCUT2D eigenvalue weighted by molar-refractivity contribution is -0.0534. The summed E-state index contributed by atoms with van der Waals surface area (Å²) in [4.78, 5) is 0. The third-order valence-corrected chi connectivity index (χ3v) is 3.12. The molecule has 2 rings (SSSR count). The molecule has 64 valence electrons. The molecule has 2 nitrogen and oxygen atoms in total. The van der Waals surface area contributed by atoms with Crippen LogP contribution < -0.4 is 0 Å². The Morgan fingerprint density at radius 2 is 2.45 bits per heavy atom. The highest BCUT2D eigenvalue weighted by Crippen LogP contribution is 2.57. The number of ether oxygens (including phenoxy) is 1. The molecule has 2 aliphatic carbocycles. The van der Waals surface area contributed by atoms with E-state index in [0.717, 1.165) is 18.9 Å². The van der Waals surface area contributed by atoms with Gasteiger partial charge in [0.2, 0.25) is 0 Å². The van der Waals surface area contributed by atoms with Crippen molar-refractivity contribution < 1.29 is 9.84 Å². The molecule has 3 atom stereocenters. The standard InChI is InChI=1S/C9H16O2/c1-2-11-6-9(10)4-3-7-5-8(7)9/h7-8,10H,2-6H2,1H3. The summed E-state index contributed by atoms with van der Waals surface area (Å²) in [5.74, 6) is 1.41. The van der Waals surface area contributed by atoms with Crippen molar-refractivity contribution in [1.29, 1.82) is 0 Å². The van der Waals surface area contributed by atoms with Gasteiger partial charge in [-0.2, -0.15) is 0 Å². The van der Waals surface area contributed by atoms with E-state index in [1.807, 2.05) is 6.92 Å². The molecule has 1 N–H and O–H groups in total. The fourth-order valence-corrected chi connectivity index (χ4v) is 2.30. The van der Waals surface area contributed by atoms with Crippen LogP contribution in [-0.2, 0) is 4.74 Å². The molecule has 0 aromatic heterocycles. The Balaban J connectivity index is 1.88. The first-order valence-electron chi connectivity index (χ1n) is 4.56. The van der Waals surface area contributed by atoms with Crippen molar-refractivity contribution in [1.82, 2.24) is 0 Å². The Morgan fingerprint density at radius 1 is 1.64 bits per heavy atom. The largest absolute Gasteiger partial charge is 0.387 e. The molecule has 11 heavy (non-hydrogen) atoms. The molecule has 0 heterocycles. The van der Waals surface area contributed by atoms with E-state index in [0.29, 0.717) is 12.5 Å². The van der Waals surface area contributed by atoms with Gasteiger partial charge in [0, 0.05) is 6.61 Å². The summed E-state index contributed by atoms with van der Waals surface area (Å²) in [5, 5.41) is 10.0. The van der Waals surface area contributed by atoms with Gasteiger partial charge in [0.15, 0.2) is 0 Å². The minimum absolute atomic E-state index is 0.444. The van der Waals surface area contributed by atoms with E-state index in [-0.39, 0.29) is 0 Å². The summed E-state index contributed by atoms with van der Waals surface area (Å²) in [7, 11) is 0. The molecule has 0 aromatic carbocycles. The van der Waals surface area contributed by atoms with Crippen LogP contribution in [-0.4, -0.2) is 23.9 Å². The number of hydrogen-bond acceptors (Lipinski definition) is 2. The third kappa shape index (κ3) is 1.18. The molecule has 0 aliphatic heterocycles. The van der Waals surface area contributed by atoms with E-state index in [1.165, 1.54) is 12.8 Å². The van der Waals surface area contributed by atoms with Gasteiger partial charge in [-0.3, -0.25) is 0 Å². The van der Waals surface area contributed by atoms with Crippen molar-refractivity contribution in [2.75, 3.05) is 13.2 Å². The van der Waals surface area contributed by atoms with Crippen LogP contribution in [0, 0.1) is 11.8 Å². The highest BCUT2D eigenvalue weighted by molar-refractivity contribution is 5.07. The normalized spacial score (nSPS) is 47.5. The van der Waals surface area contributed by atoms with Crippen LogP contribution in [0.5, 0.6) is 0 Å². The van der Waals surface area contributed by atoms with Gasteiger partial charge in [0.25, 0.3) is 0 Å². The van der Waals surface area contributed by atoms with Crippen molar-refractivity contribution in [2.24, 2.45) is 11.8 Å². The SMILES string of the molecule is CCOCC1(O)CCC2CC21. The molecule has 0 spiro atoms. The van der Waals surface area contributed by atoms with E-state index in [4.69, 9.17) is 4.74 Å². The maximum absolute atomic E-state index is 10.0. The first-order chi connectivity index (χ1) is 5.26. The summed E-state index contributed by atoms with van der Waals surface area (Å²) >= 11 is 0. The molecule has 0 radical (unpaired) electrons. The second kappa shape index (κ2) is 2.46. The Hall–Kier alpha value is -0.0800. The van der Waals surface area contributed by atoms with Gasteiger partial charge < -0.3 is 9.84 Å². The molecule has 0 saturated heterocycles. The summed E-state index contributed by atoms with van der Waals surface area (Å²) in [5.41, 5.74) is -0.444. The van der Waals surface area contributed by atoms with Crippen molar-refractivity contribution in [2.45, 2.75) is 31.8 Å². The molecule has 2 aliphatic rings. The Kier molecular flexibility index (Phi) is 1.69. The van der Waals surface area contributed by atoms with E-state index < -0.39 is 5.60 Å². The topological polar surface area (TPSA) is 29.5 Å². The summed E-state index contributed by atoms with van der Waals surface area (Å²) in [6.07, 6.45) is 3.42. The minimum Gasteiger partial charge on any atom is -0.387 e. The van der Waals surface area contributed by atoms with Gasteiger partial charge in [0.1, 0.15) is 0 Å². The Morgan fingerprint density at radius 3 is 2.91 bits per heavy atom. The van der Waals surface area contributed by atoms with Crippen molar-refractivity contribution in [3.63, 3.8) is 0 Å². The highest BCUT2D eigenvalue weighted by atomic mass is 16.5. The number of hydrogen-bond donors (Lipinski definition) is 1. The van der Waals surface area contributed by atoms with Crippen molar-refractivity contribution in [3.05, 3.63) is 0 Å². The fourth-order valence-electron chi connectivity index (χ4n) is 2.30. The molecule has 0 amide bonds. The van der Waals surface area contributed by atoms with Crippen LogP contribution in [0.15, 0.2) is 0 Å². The Labute approximate surface area is 67.6 Å². The lowest BCUT2D eigenvalue weighted by Crippen LogP contribution is -2.34. The van der Waals surface area contributed by atoms with Crippen molar-refractivity contribution in [3.8, 4) is 0 Å². The van der Waals surface area contributed by atoms with E-state index in [9.17, 15) is 5.11 Å². The summed E-state index contributed by atoms with van der Waals surface area (Å²) in [6, 6.07) is 0. The van der Waals surface area contributed by atoms with E-state index in [1.54, 1.807) is 0 Å². The van der Waals surface area contributed by atoms with Crippen LogP contribution in [0.1, 0.15) is 26.2 Å². The Bertz CT molecular complexity index is 158. The van der Waals surface area contributed by atoms with Gasteiger partial charge in [-0.15, -0.1) is 0 Å². The predicted molar refractivity (Wildman–Crippen MR) is 42.3 cm³/mol. The van der Waals surface area contributed by atoms with Gasteiger partial charge >= 0.3 is 0 Å². The smallest absolute Gasteiger partial charge is 0.0910 e. The predicted octanol–water partition coefficient (Wildman–Crippen LogP) is 1.18. The first-order valence-corrected chi connectivity index (χ1v) is 4.56. The quantitative estimate of drug-likeness (QED) is 0.665. The number of aliphatic hydroxyl groups is 1. The van der Waals surface area contributed by atoms with Crippen LogP contribution in [0.25, 0.3) is 0 Å². The number of rotatable bonds is 3. The minimum atomic E-state index is -0.444. The molecule has 2 saturated carbocycles. The monoisotopic (exact) mass is 156 g/mol. The van der Waals surface area contributed by atoms with E-state index in [2.05, 4.69) is 0 Å². The van der Waals surface area contributed by atoms with E-state index >= 15 is 0 Å². The third-order valence-electron chi connectivity index (χ3n) is 3.12. The second-order valence-electron chi connectivity index (χ2n) is 3.88. The van der Waals surface area contributed by atoms with Crippen LogP contribution in [0.3, 0.4) is 0 Å². The number of fused-ring (bicyclic) bond motifs is 1. The average Bonchev–Trinajstić information content (AvgIpc) is 2.72. The van der Waals surface area contributed by atoms with Crippen LogP contribution in [0.2, 0.25) is 0 Å². The fraction of sp³-hybridized carbons (Fsp3) is 1.00. The zero-order valence-corrected chi connectivity index (χ0v) is 7.05. The van der Waals surface area contributed by atoms with Crippen LogP contribution in [0.4, 0.5) is 0 Å². The molecule has 0 bridgehead atoms. The molecule has 0 aromatic rings. The maximum atomic E-state index is 10.0. The lowest BCUT2D eigenvalue weighted by atomic mass is 9.99. The van der Waals surface area contributed by atoms with Crippen LogP contribution >= 0.6 is 0 Å². The molecule has 2 fully saturated rings. The molecule has 2 heteroatoms. The average molecular weight is 156 g/mol. The summed E-state index contributed by atoms with van der Waals surface area (Å²) in [6.45, 7) is 3.26. The zero-order valence-electron chi connectivity index (χ0n) is 7.05.